The zero-order valence-electron chi connectivity index (χ0n) is 11.1. The number of amides is 1. The van der Waals surface area contributed by atoms with Crippen LogP contribution in [0.4, 0.5) is 5.69 Å². The number of aliphatic hydroxyl groups excluding tert-OH is 1. The summed E-state index contributed by atoms with van der Waals surface area (Å²) in [5.41, 5.74) is 1.58. The van der Waals surface area contributed by atoms with Crippen LogP contribution in [0.2, 0.25) is 0 Å². The number of carbonyl (C=O) groups is 1. The number of sulfone groups is 1. The van der Waals surface area contributed by atoms with Gasteiger partial charge >= 0.3 is 0 Å². The summed E-state index contributed by atoms with van der Waals surface area (Å²) in [5.74, 6) is -1.36. The van der Waals surface area contributed by atoms with Gasteiger partial charge in [-0.2, -0.15) is 0 Å². The van der Waals surface area contributed by atoms with E-state index < -0.39 is 33.9 Å². The van der Waals surface area contributed by atoms with Crippen molar-refractivity contribution >= 4 is 21.4 Å². The highest BCUT2D eigenvalue weighted by Gasteiger charge is 2.17. The Kier molecular flexibility index (Phi) is 5.50. The van der Waals surface area contributed by atoms with E-state index in [0.717, 1.165) is 5.56 Å². The summed E-state index contributed by atoms with van der Waals surface area (Å²) in [4.78, 5) is 11.7. The first-order valence-electron chi connectivity index (χ1n) is 6.06. The molecule has 6 heteroatoms. The molecule has 0 aromatic heterocycles. The SMILES string of the molecule is CC(C)c1ccccc1NC(=O)CS(=O)(=O)CCO. The van der Waals surface area contributed by atoms with Gasteiger partial charge < -0.3 is 10.4 Å². The van der Waals surface area contributed by atoms with Gasteiger partial charge in [-0.15, -0.1) is 0 Å². The van der Waals surface area contributed by atoms with Crippen molar-refractivity contribution in [3.63, 3.8) is 0 Å². The second kappa shape index (κ2) is 6.68. The smallest absolute Gasteiger partial charge is 0.239 e. The number of benzene rings is 1. The van der Waals surface area contributed by atoms with Crippen LogP contribution in [0.25, 0.3) is 0 Å². The first kappa shape index (κ1) is 15.7. The van der Waals surface area contributed by atoms with E-state index in [9.17, 15) is 13.2 Å². The van der Waals surface area contributed by atoms with Crippen LogP contribution in [0, 0.1) is 0 Å². The highest BCUT2D eigenvalue weighted by Crippen LogP contribution is 2.23. The highest BCUT2D eigenvalue weighted by molar-refractivity contribution is 7.92. The largest absolute Gasteiger partial charge is 0.395 e. The highest BCUT2D eigenvalue weighted by atomic mass is 32.2. The van der Waals surface area contributed by atoms with Crippen LogP contribution in [0.1, 0.15) is 25.3 Å². The van der Waals surface area contributed by atoms with Crippen LogP contribution >= 0.6 is 0 Å². The Labute approximate surface area is 113 Å². The van der Waals surface area contributed by atoms with Gasteiger partial charge in [0, 0.05) is 5.69 Å². The van der Waals surface area contributed by atoms with Gasteiger partial charge in [0.05, 0.1) is 12.4 Å². The Morgan fingerprint density at radius 1 is 1.32 bits per heavy atom. The first-order chi connectivity index (χ1) is 8.85. The average Bonchev–Trinajstić information content (AvgIpc) is 2.28. The topological polar surface area (TPSA) is 83.5 Å². The molecule has 0 saturated carbocycles. The van der Waals surface area contributed by atoms with Gasteiger partial charge in [-0.25, -0.2) is 8.42 Å². The van der Waals surface area contributed by atoms with Crippen molar-refractivity contribution in [2.24, 2.45) is 0 Å². The normalized spacial score (nSPS) is 11.6. The predicted molar refractivity (Wildman–Crippen MR) is 74.9 cm³/mol. The molecule has 5 nitrogen and oxygen atoms in total. The van der Waals surface area contributed by atoms with E-state index in [-0.39, 0.29) is 5.92 Å². The van der Waals surface area contributed by atoms with E-state index in [1.807, 2.05) is 26.0 Å². The standard InChI is InChI=1S/C13H19NO4S/c1-10(2)11-5-3-4-6-12(11)14-13(16)9-19(17,18)8-7-15/h3-6,10,15H,7-9H2,1-2H3,(H,14,16). The van der Waals surface area contributed by atoms with Crippen LogP contribution in [0.5, 0.6) is 0 Å². The number of nitrogens with one attached hydrogen (secondary N) is 1. The lowest BCUT2D eigenvalue weighted by molar-refractivity contribution is -0.113. The number of hydrogen-bond donors (Lipinski definition) is 2. The molecule has 0 unspecified atom stereocenters. The van der Waals surface area contributed by atoms with Crippen molar-refractivity contribution in [1.29, 1.82) is 0 Å². The molecule has 106 valence electrons. The molecule has 1 aromatic rings. The number of anilines is 1. The van der Waals surface area contributed by atoms with E-state index >= 15 is 0 Å². The van der Waals surface area contributed by atoms with Gasteiger partial charge in [0.25, 0.3) is 0 Å². The molecule has 2 N–H and O–H groups in total. The number of carbonyl (C=O) groups excluding carboxylic acids is 1. The lowest BCUT2D eigenvalue weighted by atomic mass is 10.0. The number of rotatable bonds is 6. The van der Waals surface area contributed by atoms with Crippen molar-refractivity contribution in [3.8, 4) is 0 Å². The van der Waals surface area contributed by atoms with Crippen LogP contribution in [-0.4, -0.2) is 37.5 Å². The summed E-state index contributed by atoms with van der Waals surface area (Å²) in [6.07, 6.45) is 0. The average molecular weight is 285 g/mol. The van der Waals surface area contributed by atoms with Crippen LogP contribution in [0.3, 0.4) is 0 Å². The molecule has 1 aromatic carbocycles. The summed E-state index contributed by atoms with van der Waals surface area (Å²) in [5, 5.41) is 11.2. The van der Waals surface area contributed by atoms with Gasteiger partial charge in [-0.05, 0) is 17.5 Å². The maximum atomic E-state index is 11.7. The third-order valence-electron chi connectivity index (χ3n) is 2.61. The summed E-state index contributed by atoms with van der Waals surface area (Å²) < 4.78 is 22.9. The van der Waals surface area contributed by atoms with Crippen molar-refractivity contribution in [1.82, 2.24) is 0 Å². The zero-order valence-corrected chi connectivity index (χ0v) is 11.9. The van der Waals surface area contributed by atoms with Crippen LogP contribution in [0.15, 0.2) is 24.3 Å². The van der Waals surface area contributed by atoms with Crippen molar-refractivity contribution in [2.45, 2.75) is 19.8 Å². The minimum atomic E-state index is -3.55. The van der Waals surface area contributed by atoms with Crippen LogP contribution < -0.4 is 5.32 Å². The number of para-hydroxylation sites is 1. The Bertz CT molecular complexity index is 537. The van der Waals surface area contributed by atoms with E-state index in [1.165, 1.54) is 0 Å². The minimum Gasteiger partial charge on any atom is -0.395 e. The lowest BCUT2D eigenvalue weighted by Gasteiger charge is -2.13. The Hall–Kier alpha value is -1.40. The Morgan fingerprint density at radius 3 is 2.53 bits per heavy atom. The number of hydrogen-bond acceptors (Lipinski definition) is 4. The predicted octanol–water partition coefficient (Wildman–Crippen LogP) is 1.16. The second-order valence-corrected chi connectivity index (χ2v) is 6.79. The molecule has 19 heavy (non-hydrogen) atoms. The summed E-state index contributed by atoms with van der Waals surface area (Å²) >= 11 is 0. The quantitative estimate of drug-likeness (QED) is 0.821. The van der Waals surface area contributed by atoms with Gasteiger partial charge in [0.2, 0.25) is 5.91 Å². The molecule has 0 fully saturated rings. The molecule has 1 rings (SSSR count). The van der Waals surface area contributed by atoms with Gasteiger partial charge in [-0.1, -0.05) is 32.0 Å². The van der Waals surface area contributed by atoms with E-state index in [2.05, 4.69) is 5.32 Å². The maximum absolute atomic E-state index is 11.7. The summed E-state index contributed by atoms with van der Waals surface area (Å²) in [6, 6.07) is 7.28. The molecule has 0 heterocycles. The molecule has 0 atom stereocenters. The molecule has 0 bridgehead atoms. The molecule has 0 radical (unpaired) electrons. The molecule has 1 amide bonds. The lowest BCUT2D eigenvalue weighted by Crippen LogP contribution is -2.26. The van der Waals surface area contributed by atoms with Gasteiger partial charge in [0.15, 0.2) is 9.84 Å². The van der Waals surface area contributed by atoms with E-state index in [4.69, 9.17) is 5.11 Å². The molecule has 0 aliphatic heterocycles. The van der Waals surface area contributed by atoms with E-state index in [0.29, 0.717) is 5.69 Å². The Balaban J connectivity index is 2.78. The molecule has 0 spiro atoms. The zero-order chi connectivity index (χ0) is 14.5. The molecule has 0 aliphatic carbocycles. The summed E-state index contributed by atoms with van der Waals surface area (Å²) in [7, 11) is -3.55. The first-order valence-corrected chi connectivity index (χ1v) is 7.88. The molecule has 0 saturated heterocycles. The van der Waals surface area contributed by atoms with Crippen LogP contribution in [-0.2, 0) is 14.6 Å². The molecular weight excluding hydrogens is 266 g/mol. The van der Waals surface area contributed by atoms with Gasteiger partial charge in [-0.3, -0.25) is 4.79 Å². The van der Waals surface area contributed by atoms with E-state index in [1.54, 1.807) is 12.1 Å². The maximum Gasteiger partial charge on any atom is 0.239 e. The molecular formula is C13H19NO4S. The summed E-state index contributed by atoms with van der Waals surface area (Å²) in [6.45, 7) is 3.51. The third kappa shape index (κ3) is 5.00. The monoisotopic (exact) mass is 285 g/mol. The van der Waals surface area contributed by atoms with Crippen molar-refractivity contribution in [3.05, 3.63) is 29.8 Å². The fourth-order valence-electron chi connectivity index (χ4n) is 1.71. The second-order valence-electron chi connectivity index (χ2n) is 4.61. The minimum absolute atomic E-state index is 0.227. The van der Waals surface area contributed by atoms with Crippen molar-refractivity contribution < 1.29 is 18.3 Å². The van der Waals surface area contributed by atoms with Crippen molar-refractivity contribution in [2.75, 3.05) is 23.4 Å². The third-order valence-corrected chi connectivity index (χ3v) is 4.12. The molecule has 0 aliphatic rings. The Morgan fingerprint density at radius 2 is 1.95 bits per heavy atom. The fraction of sp³-hybridized carbons (Fsp3) is 0.462. The number of aliphatic hydroxyl groups is 1. The fourth-order valence-corrected chi connectivity index (χ4v) is 2.61. The van der Waals surface area contributed by atoms with Gasteiger partial charge in [0.1, 0.15) is 5.75 Å².